The third-order valence-corrected chi connectivity index (χ3v) is 4.24. The summed E-state index contributed by atoms with van der Waals surface area (Å²) in [4.78, 5) is 12.4. The summed E-state index contributed by atoms with van der Waals surface area (Å²) < 4.78 is 11.2. The molecule has 1 amide bonds. The molecule has 0 unspecified atom stereocenters. The van der Waals surface area contributed by atoms with Gasteiger partial charge in [-0.3, -0.25) is 4.79 Å². The van der Waals surface area contributed by atoms with Gasteiger partial charge in [-0.25, -0.2) is 0 Å². The number of benzene rings is 2. The highest BCUT2D eigenvalue weighted by Crippen LogP contribution is 2.26. The van der Waals surface area contributed by atoms with E-state index in [-0.39, 0.29) is 24.5 Å². The Kier molecular flexibility index (Phi) is 7.52. The van der Waals surface area contributed by atoms with Crippen LogP contribution in [-0.4, -0.2) is 19.1 Å². The zero-order chi connectivity index (χ0) is 18.9. The van der Waals surface area contributed by atoms with E-state index in [0.29, 0.717) is 18.1 Å². The number of nitrogens with one attached hydrogen (secondary N) is 1. The van der Waals surface area contributed by atoms with Crippen LogP contribution in [0, 0.1) is 5.92 Å². The highest BCUT2D eigenvalue weighted by atomic mass is 16.5. The topological polar surface area (TPSA) is 47.6 Å². The number of ether oxygens (including phenoxy) is 2. The van der Waals surface area contributed by atoms with Crippen LogP contribution in [0.1, 0.15) is 44.9 Å². The van der Waals surface area contributed by atoms with Gasteiger partial charge in [0.2, 0.25) is 0 Å². The molecule has 1 atom stereocenters. The number of hydrogen-bond acceptors (Lipinski definition) is 3. The van der Waals surface area contributed by atoms with Gasteiger partial charge in [0.05, 0.1) is 12.6 Å². The molecule has 0 fully saturated rings. The highest BCUT2D eigenvalue weighted by molar-refractivity contribution is 5.78. The van der Waals surface area contributed by atoms with Crippen molar-refractivity contribution in [2.24, 2.45) is 5.92 Å². The summed E-state index contributed by atoms with van der Waals surface area (Å²) in [5.41, 5.74) is 2.40. The summed E-state index contributed by atoms with van der Waals surface area (Å²) in [6.45, 7) is 8.76. The lowest BCUT2D eigenvalue weighted by molar-refractivity contribution is -0.124. The van der Waals surface area contributed by atoms with Crippen LogP contribution >= 0.6 is 0 Å². The van der Waals surface area contributed by atoms with Crippen LogP contribution < -0.4 is 14.8 Å². The molecule has 0 aromatic heterocycles. The lowest BCUT2D eigenvalue weighted by Gasteiger charge is -2.23. The van der Waals surface area contributed by atoms with Crippen molar-refractivity contribution in [3.8, 4) is 11.5 Å². The van der Waals surface area contributed by atoms with Crippen molar-refractivity contribution < 1.29 is 14.3 Å². The molecule has 2 rings (SSSR count). The smallest absolute Gasteiger partial charge is 0.258 e. The zero-order valence-electron chi connectivity index (χ0n) is 16.1. The predicted molar refractivity (Wildman–Crippen MR) is 105 cm³/mol. The van der Waals surface area contributed by atoms with E-state index >= 15 is 0 Å². The first-order valence-corrected chi connectivity index (χ1v) is 9.28. The van der Waals surface area contributed by atoms with Gasteiger partial charge in [-0.2, -0.15) is 0 Å². The van der Waals surface area contributed by atoms with E-state index in [2.05, 4.69) is 50.4 Å². The second-order valence-corrected chi connectivity index (χ2v) is 6.55. The third-order valence-electron chi connectivity index (χ3n) is 4.24. The van der Waals surface area contributed by atoms with Crippen LogP contribution in [0.5, 0.6) is 11.5 Å². The molecule has 4 nitrogen and oxygen atoms in total. The van der Waals surface area contributed by atoms with E-state index in [9.17, 15) is 4.79 Å². The number of carbonyl (C=O) groups is 1. The molecule has 140 valence electrons. The Bertz CT molecular complexity index is 695. The first-order valence-electron chi connectivity index (χ1n) is 9.28. The molecule has 0 aliphatic rings. The molecule has 2 aromatic carbocycles. The molecule has 0 radical (unpaired) electrons. The van der Waals surface area contributed by atoms with Crippen LogP contribution in [-0.2, 0) is 11.2 Å². The minimum atomic E-state index is -0.144. The molecule has 0 aliphatic heterocycles. The Labute approximate surface area is 156 Å². The average Bonchev–Trinajstić information content (AvgIpc) is 2.65. The van der Waals surface area contributed by atoms with Gasteiger partial charge in [-0.1, -0.05) is 57.2 Å². The van der Waals surface area contributed by atoms with E-state index in [4.69, 9.17) is 9.47 Å². The van der Waals surface area contributed by atoms with Crippen molar-refractivity contribution in [1.29, 1.82) is 0 Å². The molecule has 0 spiro atoms. The summed E-state index contributed by atoms with van der Waals surface area (Å²) in [6, 6.07) is 15.8. The summed E-state index contributed by atoms with van der Waals surface area (Å²) >= 11 is 0. The van der Waals surface area contributed by atoms with E-state index < -0.39 is 0 Å². The Balaban J connectivity index is 1.99. The Hall–Kier alpha value is -2.49. The van der Waals surface area contributed by atoms with Gasteiger partial charge in [-0.05, 0) is 42.5 Å². The minimum absolute atomic E-state index is 0.0413. The lowest BCUT2D eigenvalue weighted by Crippen LogP contribution is -2.35. The van der Waals surface area contributed by atoms with Gasteiger partial charge >= 0.3 is 0 Å². The van der Waals surface area contributed by atoms with Gasteiger partial charge in [-0.15, -0.1) is 0 Å². The maximum absolute atomic E-state index is 12.4. The SMILES string of the molecule is CCOc1ccccc1OCC(=O)N[C@H](c1ccc(CC)cc1)C(C)C. The van der Waals surface area contributed by atoms with Crippen LogP contribution in [0.4, 0.5) is 0 Å². The van der Waals surface area contributed by atoms with Gasteiger partial charge in [0.1, 0.15) is 0 Å². The monoisotopic (exact) mass is 355 g/mol. The number of hydrogen-bond donors (Lipinski definition) is 1. The fraction of sp³-hybridized carbons (Fsp3) is 0.409. The van der Waals surface area contributed by atoms with Crippen molar-refractivity contribution in [3.05, 3.63) is 59.7 Å². The second-order valence-electron chi connectivity index (χ2n) is 6.55. The van der Waals surface area contributed by atoms with Crippen LogP contribution in [0.3, 0.4) is 0 Å². The predicted octanol–water partition coefficient (Wildman–Crippen LogP) is 4.54. The number of amides is 1. The molecule has 0 bridgehead atoms. The molecule has 2 aromatic rings. The van der Waals surface area contributed by atoms with Crippen molar-refractivity contribution >= 4 is 5.91 Å². The Morgan fingerprint density at radius 1 is 0.962 bits per heavy atom. The summed E-state index contributed by atoms with van der Waals surface area (Å²) in [5.74, 6) is 1.37. The highest BCUT2D eigenvalue weighted by Gasteiger charge is 2.19. The first kappa shape index (κ1) is 19.8. The maximum atomic E-state index is 12.4. The molecule has 0 saturated carbocycles. The molecule has 1 N–H and O–H groups in total. The van der Waals surface area contributed by atoms with Gasteiger partial charge in [0.15, 0.2) is 18.1 Å². The largest absolute Gasteiger partial charge is 0.490 e. The fourth-order valence-corrected chi connectivity index (χ4v) is 2.80. The molecular weight excluding hydrogens is 326 g/mol. The van der Waals surface area contributed by atoms with Crippen molar-refractivity contribution in [3.63, 3.8) is 0 Å². The van der Waals surface area contributed by atoms with Crippen LogP contribution in [0.15, 0.2) is 48.5 Å². The summed E-state index contributed by atoms with van der Waals surface area (Å²) in [5, 5.41) is 3.09. The number of rotatable bonds is 9. The normalized spacial score (nSPS) is 11.9. The summed E-state index contributed by atoms with van der Waals surface area (Å²) in [6.07, 6.45) is 1.01. The molecule has 4 heteroatoms. The quantitative estimate of drug-likeness (QED) is 0.718. The van der Waals surface area contributed by atoms with E-state index in [1.54, 1.807) is 0 Å². The number of para-hydroxylation sites is 2. The van der Waals surface area contributed by atoms with Crippen molar-refractivity contribution in [1.82, 2.24) is 5.32 Å². The molecular formula is C22H29NO3. The maximum Gasteiger partial charge on any atom is 0.258 e. The average molecular weight is 355 g/mol. The Morgan fingerprint density at radius 2 is 1.58 bits per heavy atom. The standard InChI is InChI=1S/C22H29NO3/c1-5-17-11-13-18(14-12-17)22(16(3)4)23-21(24)15-26-20-10-8-7-9-19(20)25-6-2/h7-14,16,22H,5-6,15H2,1-4H3,(H,23,24)/t22-/m0/s1. The molecule has 0 aliphatic carbocycles. The van der Waals surface area contributed by atoms with Crippen molar-refractivity contribution in [2.45, 2.75) is 40.2 Å². The van der Waals surface area contributed by atoms with Crippen LogP contribution in [0.2, 0.25) is 0 Å². The number of carbonyl (C=O) groups excluding carboxylic acids is 1. The third kappa shape index (κ3) is 5.51. The first-order chi connectivity index (χ1) is 12.5. The van der Waals surface area contributed by atoms with Gasteiger partial charge in [0.25, 0.3) is 5.91 Å². The minimum Gasteiger partial charge on any atom is -0.490 e. The van der Waals surface area contributed by atoms with E-state index in [1.165, 1.54) is 5.56 Å². The number of aryl methyl sites for hydroxylation is 1. The van der Waals surface area contributed by atoms with E-state index in [0.717, 1.165) is 12.0 Å². The molecule has 0 saturated heterocycles. The fourth-order valence-electron chi connectivity index (χ4n) is 2.80. The molecule has 26 heavy (non-hydrogen) atoms. The van der Waals surface area contributed by atoms with Crippen LogP contribution in [0.25, 0.3) is 0 Å². The zero-order valence-corrected chi connectivity index (χ0v) is 16.1. The molecule has 0 heterocycles. The van der Waals surface area contributed by atoms with Gasteiger partial charge in [0, 0.05) is 0 Å². The summed E-state index contributed by atoms with van der Waals surface area (Å²) in [7, 11) is 0. The second kappa shape index (κ2) is 9.85. The van der Waals surface area contributed by atoms with Gasteiger partial charge < -0.3 is 14.8 Å². The lowest BCUT2D eigenvalue weighted by atomic mass is 9.95. The van der Waals surface area contributed by atoms with E-state index in [1.807, 2.05) is 31.2 Å². The van der Waals surface area contributed by atoms with Crippen molar-refractivity contribution in [2.75, 3.05) is 13.2 Å². The Morgan fingerprint density at radius 3 is 2.12 bits per heavy atom.